The second-order valence-corrected chi connectivity index (χ2v) is 5.04. The van der Waals surface area contributed by atoms with Crippen LogP contribution in [0.25, 0.3) is 6.08 Å². The number of benzene rings is 1. The van der Waals surface area contributed by atoms with Crippen LogP contribution in [0.3, 0.4) is 0 Å². The minimum Gasteiger partial charge on any atom is -0.272 e. The van der Waals surface area contributed by atoms with E-state index in [1.54, 1.807) is 19.1 Å². The third-order valence-corrected chi connectivity index (χ3v) is 3.68. The second kappa shape index (κ2) is 4.85. The summed E-state index contributed by atoms with van der Waals surface area (Å²) in [6.07, 6.45) is 1.49. The number of aryl methyl sites for hydroxylation is 1. The Balaban J connectivity index is 2.39. The molecule has 0 aliphatic carbocycles. The van der Waals surface area contributed by atoms with Gasteiger partial charge in [0.05, 0.1) is 9.83 Å². The smallest absolute Gasteiger partial charge is 0.272 e. The lowest BCUT2D eigenvalue weighted by Crippen LogP contribution is -2.22. The molecule has 0 aromatic heterocycles. The number of amides is 2. The zero-order valence-electron chi connectivity index (χ0n) is 10.2. The van der Waals surface area contributed by atoms with Crippen LogP contribution in [0.2, 0.25) is 0 Å². The van der Waals surface area contributed by atoms with Crippen LogP contribution in [0, 0.1) is 17.0 Å². The molecule has 2 amide bonds. The molecule has 1 heterocycles. The average Bonchev–Trinajstić information content (AvgIpc) is 2.59. The molecule has 1 aliphatic rings. The standard InChI is InChI=1S/C12H10N2O4S/c1-7-3-4-8(5-9(7)14(17)18)6-10-11(15)13(2)12(16)19-10/h3-6H,1-2H3/b10-6-. The van der Waals surface area contributed by atoms with Crippen LogP contribution in [0.5, 0.6) is 0 Å². The molecule has 2 rings (SSSR count). The molecule has 1 aliphatic heterocycles. The molecule has 0 bridgehead atoms. The summed E-state index contributed by atoms with van der Waals surface area (Å²) in [5, 5.41) is 10.5. The van der Waals surface area contributed by atoms with Gasteiger partial charge in [-0.3, -0.25) is 24.6 Å². The zero-order valence-corrected chi connectivity index (χ0v) is 11.1. The Labute approximate surface area is 113 Å². The Kier molecular flexibility index (Phi) is 3.39. The Morgan fingerprint density at radius 2 is 2.05 bits per heavy atom. The summed E-state index contributed by atoms with van der Waals surface area (Å²) >= 11 is 0.824. The van der Waals surface area contributed by atoms with E-state index in [0.717, 1.165) is 16.7 Å². The van der Waals surface area contributed by atoms with Gasteiger partial charge in [-0.25, -0.2) is 0 Å². The summed E-state index contributed by atoms with van der Waals surface area (Å²) in [6, 6.07) is 4.67. The first kappa shape index (κ1) is 13.3. The fourth-order valence-electron chi connectivity index (χ4n) is 1.61. The SMILES string of the molecule is Cc1ccc(/C=C2\SC(=O)N(C)C2=O)cc1[N+](=O)[O-]. The van der Waals surface area contributed by atoms with Crippen LogP contribution in [0.1, 0.15) is 11.1 Å². The van der Waals surface area contributed by atoms with Crippen molar-refractivity contribution in [1.29, 1.82) is 0 Å². The predicted octanol–water partition coefficient (Wildman–Crippen LogP) is 2.57. The Hall–Kier alpha value is -2.15. The minimum absolute atomic E-state index is 0.00974. The largest absolute Gasteiger partial charge is 0.293 e. The minimum atomic E-state index is -0.474. The Morgan fingerprint density at radius 1 is 1.37 bits per heavy atom. The zero-order chi connectivity index (χ0) is 14.2. The Bertz CT molecular complexity index is 624. The molecule has 0 unspecified atom stereocenters. The van der Waals surface area contributed by atoms with Crippen molar-refractivity contribution in [3.63, 3.8) is 0 Å². The van der Waals surface area contributed by atoms with Crippen molar-refractivity contribution in [2.75, 3.05) is 7.05 Å². The first-order valence-corrected chi connectivity index (χ1v) is 6.18. The number of likely N-dealkylation sites (N-methyl/N-ethyl adjacent to an activating group) is 1. The fraction of sp³-hybridized carbons (Fsp3) is 0.167. The highest BCUT2D eigenvalue weighted by Gasteiger charge is 2.31. The summed E-state index contributed by atoms with van der Waals surface area (Å²) < 4.78 is 0. The molecule has 1 saturated heterocycles. The summed E-state index contributed by atoms with van der Waals surface area (Å²) in [6.45, 7) is 1.64. The van der Waals surface area contributed by atoms with Gasteiger partial charge in [0.1, 0.15) is 0 Å². The third-order valence-electron chi connectivity index (χ3n) is 2.71. The van der Waals surface area contributed by atoms with Crippen LogP contribution in [-0.2, 0) is 4.79 Å². The van der Waals surface area contributed by atoms with Gasteiger partial charge in [-0.1, -0.05) is 12.1 Å². The van der Waals surface area contributed by atoms with Crippen molar-refractivity contribution < 1.29 is 14.5 Å². The van der Waals surface area contributed by atoms with Gasteiger partial charge >= 0.3 is 0 Å². The Morgan fingerprint density at radius 3 is 2.58 bits per heavy atom. The lowest BCUT2D eigenvalue weighted by molar-refractivity contribution is -0.385. The maximum atomic E-state index is 11.7. The molecule has 0 atom stereocenters. The number of rotatable bonds is 2. The number of carbonyl (C=O) groups is 2. The van der Waals surface area contributed by atoms with Gasteiger partial charge in [0, 0.05) is 18.7 Å². The summed E-state index contributed by atoms with van der Waals surface area (Å²) in [5.74, 6) is -0.391. The first-order valence-electron chi connectivity index (χ1n) is 5.37. The van der Waals surface area contributed by atoms with E-state index in [4.69, 9.17) is 0 Å². The maximum absolute atomic E-state index is 11.7. The molecule has 98 valence electrons. The van der Waals surface area contributed by atoms with Crippen molar-refractivity contribution in [1.82, 2.24) is 4.90 Å². The van der Waals surface area contributed by atoms with Crippen molar-refractivity contribution in [2.24, 2.45) is 0 Å². The van der Waals surface area contributed by atoms with Crippen LogP contribution in [0.15, 0.2) is 23.1 Å². The van der Waals surface area contributed by atoms with Crippen molar-refractivity contribution in [2.45, 2.75) is 6.92 Å². The molecule has 0 spiro atoms. The first-order chi connectivity index (χ1) is 8.90. The number of nitrogens with zero attached hydrogens (tertiary/aromatic N) is 2. The van der Waals surface area contributed by atoms with Gasteiger partial charge in [-0.2, -0.15) is 0 Å². The molecule has 6 nitrogen and oxygen atoms in total. The number of nitro benzene ring substituents is 1. The molecule has 0 N–H and O–H groups in total. The number of imide groups is 1. The normalized spacial score (nSPS) is 17.4. The van der Waals surface area contributed by atoms with E-state index in [9.17, 15) is 19.7 Å². The highest BCUT2D eigenvalue weighted by atomic mass is 32.2. The molecule has 0 saturated carbocycles. The van der Waals surface area contributed by atoms with Crippen molar-refractivity contribution >= 4 is 34.7 Å². The molecule has 19 heavy (non-hydrogen) atoms. The average molecular weight is 278 g/mol. The highest BCUT2D eigenvalue weighted by Crippen LogP contribution is 2.31. The number of nitro groups is 1. The summed E-state index contributed by atoms with van der Waals surface area (Å²) in [5.41, 5.74) is 1.06. The number of thioether (sulfide) groups is 1. The molecule has 7 heteroatoms. The van der Waals surface area contributed by atoms with E-state index < -0.39 is 10.8 Å². The van der Waals surface area contributed by atoms with Crippen molar-refractivity contribution in [3.05, 3.63) is 44.3 Å². The van der Waals surface area contributed by atoms with Gasteiger partial charge in [0.25, 0.3) is 16.8 Å². The molecule has 1 aromatic carbocycles. The molecular weight excluding hydrogens is 268 g/mol. The quantitative estimate of drug-likeness (QED) is 0.472. The van der Waals surface area contributed by atoms with Crippen molar-refractivity contribution in [3.8, 4) is 0 Å². The predicted molar refractivity (Wildman–Crippen MR) is 71.6 cm³/mol. The van der Waals surface area contributed by atoms with Gasteiger partial charge < -0.3 is 0 Å². The molecule has 1 fully saturated rings. The monoisotopic (exact) mass is 278 g/mol. The van der Waals surface area contributed by atoms with E-state index >= 15 is 0 Å². The van der Waals surface area contributed by atoms with Gasteiger partial charge in [-0.15, -0.1) is 0 Å². The van der Waals surface area contributed by atoms with Crippen LogP contribution in [-0.4, -0.2) is 28.0 Å². The maximum Gasteiger partial charge on any atom is 0.293 e. The van der Waals surface area contributed by atoms with Crippen LogP contribution in [0.4, 0.5) is 10.5 Å². The topological polar surface area (TPSA) is 80.5 Å². The van der Waals surface area contributed by atoms with Crippen LogP contribution < -0.4 is 0 Å². The van der Waals surface area contributed by atoms with Gasteiger partial charge in [0.15, 0.2) is 0 Å². The van der Waals surface area contributed by atoms with E-state index in [1.807, 2.05) is 0 Å². The third kappa shape index (κ3) is 2.50. The molecular formula is C12H10N2O4S. The van der Waals surface area contributed by atoms with E-state index in [2.05, 4.69) is 0 Å². The van der Waals surface area contributed by atoms with Crippen LogP contribution >= 0.6 is 11.8 Å². The van der Waals surface area contributed by atoms with E-state index in [0.29, 0.717) is 11.1 Å². The van der Waals surface area contributed by atoms with Gasteiger partial charge in [-0.05, 0) is 30.3 Å². The highest BCUT2D eigenvalue weighted by molar-refractivity contribution is 8.18. The number of hydrogen-bond acceptors (Lipinski definition) is 5. The lowest BCUT2D eigenvalue weighted by Gasteiger charge is -2.01. The van der Waals surface area contributed by atoms with E-state index in [-0.39, 0.29) is 15.8 Å². The second-order valence-electron chi connectivity index (χ2n) is 4.04. The summed E-state index contributed by atoms with van der Waals surface area (Å²) in [7, 11) is 1.40. The molecule has 1 aromatic rings. The fourth-order valence-corrected chi connectivity index (χ4v) is 2.44. The van der Waals surface area contributed by atoms with E-state index in [1.165, 1.54) is 19.2 Å². The lowest BCUT2D eigenvalue weighted by atomic mass is 10.1. The number of carbonyl (C=O) groups excluding carboxylic acids is 2. The molecule has 0 radical (unpaired) electrons. The van der Waals surface area contributed by atoms with Gasteiger partial charge in [0.2, 0.25) is 0 Å². The summed E-state index contributed by atoms with van der Waals surface area (Å²) in [4.78, 5) is 34.7. The number of hydrogen-bond donors (Lipinski definition) is 0.